The van der Waals surface area contributed by atoms with Crippen molar-refractivity contribution in [3.05, 3.63) is 29.8 Å². The van der Waals surface area contributed by atoms with E-state index < -0.39 is 27.2 Å². The Bertz CT molecular complexity index is 643. The number of carboxylic acids is 1. The molecule has 1 heterocycles. The number of benzene rings is 1. The van der Waals surface area contributed by atoms with E-state index in [4.69, 9.17) is 4.74 Å². The van der Waals surface area contributed by atoms with Gasteiger partial charge in [-0.1, -0.05) is 18.2 Å². The fourth-order valence-corrected chi connectivity index (χ4v) is 4.33. The van der Waals surface area contributed by atoms with E-state index in [-0.39, 0.29) is 13.0 Å². The molecule has 1 aliphatic heterocycles. The largest absolute Gasteiger partial charge is 0.481 e. The van der Waals surface area contributed by atoms with Crippen molar-refractivity contribution < 1.29 is 23.1 Å². The Morgan fingerprint density at radius 1 is 1.45 bits per heavy atom. The third kappa shape index (κ3) is 3.10. The molecule has 1 aromatic rings. The van der Waals surface area contributed by atoms with Gasteiger partial charge in [-0.2, -0.15) is 0 Å². The molecule has 1 aromatic carbocycles. The van der Waals surface area contributed by atoms with E-state index in [9.17, 15) is 18.3 Å². The summed E-state index contributed by atoms with van der Waals surface area (Å²) < 4.78 is 31.8. The Balaban J connectivity index is 2.37. The molecule has 22 heavy (non-hydrogen) atoms. The molecule has 0 aliphatic carbocycles. The number of hydrogen-bond acceptors (Lipinski definition) is 4. The third-order valence-electron chi connectivity index (χ3n) is 4.04. The Morgan fingerprint density at radius 2 is 2.14 bits per heavy atom. The van der Waals surface area contributed by atoms with Gasteiger partial charge in [0.25, 0.3) is 0 Å². The lowest BCUT2D eigenvalue weighted by molar-refractivity contribution is -0.139. The highest BCUT2D eigenvalue weighted by molar-refractivity contribution is 7.93. The molecule has 1 N–H and O–H groups in total. The number of methoxy groups -OCH3 is 1. The van der Waals surface area contributed by atoms with Crippen molar-refractivity contribution in [3.8, 4) is 0 Å². The fraction of sp³-hybridized carbons (Fsp3) is 0.533. The summed E-state index contributed by atoms with van der Waals surface area (Å²) >= 11 is 0. The van der Waals surface area contributed by atoms with Crippen LogP contribution in [0.3, 0.4) is 0 Å². The predicted octanol–water partition coefficient (Wildman–Crippen LogP) is 1.82. The number of hydrogen-bond donors (Lipinski definition) is 1. The number of anilines is 1. The van der Waals surface area contributed by atoms with Crippen LogP contribution in [0.4, 0.5) is 5.69 Å². The normalized spacial score (nSPS) is 19.5. The average molecular weight is 327 g/mol. The van der Waals surface area contributed by atoms with Gasteiger partial charge in [-0.3, -0.25) is 9.10 Å². The molecule has 2 unspecified atom stereocenters. The smallest absolute Gasteiger partial charge is 0.311 e. The second kappa shape index (κ2) is 6.66. The summed E-state index contributed by atoms with van der Waals surface area (Å²) in [4.78, 5) is 11.4. The van der Waals surface area contributed by atoms with Crippen molar-refractivity contribution in [2.45, 2.75) is 30.9 Å². The van der Waals surface area contributed by atoms with Crippen LogP contribution in [0.5, 0.6) is 0 Å². The van der Waals surface area contributed by atoms with Crippen molar-refractivity contribution >= 4 is 21.7 Å². The van der Waals surface area contributed by atoms with Gasteiger partial charge in [0.15, 0.2) is 0 Å². The highest BCUT2D eigenvalue weighted by Crippen LogP contribution is 2.37. The van der Waals surface area contributed by atoms with E-state index >= 15 is 0 Å². The summed E-state index contributed by atoms with van der Waals surface area (Å²) in [6.07, 6.45) is 0.683. The van der Waals surface area contributed by atoms with Crippen molar-refractivity contribution in [1.29, 1.82) is 0 Å². The van der Waals surface area contributed by atoms with Crippen molar-refractivity contribution in [2.24, 2.45) is 0 Å². The molecule has 0 fully saturated rings. The molecule has 0 spiro atoms. The summed E-state index contributed by atoms with van der Waals surface area (Å²) in [6, 6.07) is 6.82. The van der Waals surface area contributed by atoms with E-state index in [1.54, 1.807) is 31.2 Å². The minimum atomic E-state index is -3.54. The van der Waals surface area contributed by atoms with Gasteiger partial charge in [0.1, 0.15) is 0 Å². The number of para-hydroxylation sites is 1. The molecule has 122 valence electrons. The quantitative estimate of drug-likeness (QED) is 0.861. The van der Waals surface area contributed by atoms with Crippen LogP contribution < -0.4 is 4.31 Å². The molecule has 0 radical (unpaired) electrons. The second-order valence-electron chi connectivity index (χ2n) is 5.45. The highest BCUT2D eigenvalue weighted by Gasteiger charge is 2.37. The van der Waals surface area contributed by atoms with Gasteiger partial charge in [-0.25, -0.2) is 8.42 Å². The predicted molar refractivity (Wildman–Crippen MR) is 83.7 cm³/mol. The lowest BCUT2D eigenvalue weighted by atomic mass is 9.91. The molecular formula is C15H21NO5S. The Labute approximate surface area is 130 Å². The van der Waals surface area contributed by atoms with Crippen LogP contribution >= 0.6 is 0 Å². The minimum absolute atomic E-state index is 0.188. The maximum absolute atomic E-state index is 12.8. The molecule has 0 aromatic heterocycles. The first kappa shape index (κ1) is 16.8. The Hall–Kier alpha value is -1.60. The molecule has 0 saturated carbocycles. The van der Waals surface area contributed by atoms with Gasteiger partial charge in [-0.05, 0) is 31.4 Å². The number of sulfonamides is 1. The molecule has 0 bridgehead atoms. The van der Waals surface area contributed by atoms with E-state index in [0.717, 1.165) is 0 Å². The van der Waals surface area contributed by atoms with Gasteiger partial charge in [0.05, 0.1) is 16.9 Å². The zero-order chi connectivity index (χ0) is 16.3. The van der Waals surface area contributed by atoms with Crippen LogP contribution in [0.15, 0.2) is 24.3 Å². The molecule has 0 saturated heterocycles. The first-order valence-corrected chi connectivity index (χ1v) is 8.72. The monoisotopic (exact) mass is 327 g/mol. The number of rotatable bonds is 6. The average Bonchev–Trinajstić information content (AvgIpc) is 2.50. The number of carbonyl (C=O) groups is 1. The Morgan fingerprint density at radius 3 is 2.77 bits per heavy atom. The molecule has 7 heteroatoms. The number of ether oxygens (including phenoxy) is 1. The van der Waals surface area contributed by atoms with Gasteiger partial charge < -0.3 is 9.84 Å². The van der Waals surface area contributed by atoms with Crippen LogP contribution in [0.25, 0.3) is 0 Å². The first-order chi connectivity index (χ1) is 10.4. The number of nitrogens with zero attached hydrogens (tertiary/aromatic N) is 1. The number of fused-ring (bicyclic) bond motifs is 1. The van der Waals surface area contributed by atoms with Crippen LogP contribution in [-0.2, 0) is 19.6 Å². The maximum atomic E-state index is 12.8. The Kier molecular flexibility index (Phi) is 5.08. The summed E-state index contributed by atoms with van der Waals surface area (Å²) in [5.74, 6) is -1.58. The summed E-state index contributed by atoms with van der Waals surface area (Å²) in [5, 5.41) is 8.73. The lowest BCUT2D eigenvalue weighted by Gasteiger charge is -2.35. The van der Waals surface area contributed by atoms with E-state index in [1.165, 1.54) is 11.4 Å². The summed E-state index contributed by atoms with van der Waals surface area (Å²) in [5.41, 5.74) is 1.04. The SMILES string of the molecule is COCCC(C)S(=O)(=O)N1CCC(C(=O)O)c2ccccc21. The number of carboxylic acid groups (broad SMARTS) is 1. The maximum Gasteiger partial charge on any atom is 0.311 e. The first-order valence-electron chi connectivity index (χ1n) is 7.21. The number of aliphatic carboxylic acids is 1. The third-order valence-corrected chi connectivity index (χ3v) is 6.29. The standard InChI is InChI=1S/C15H21NO5S/c1-11(8-10-21-2)22(19,20)16-9-7-13(15(17)18)12-5-3-4-6-14(12)16/h3-6,11,13H,7-10H2,1-2H3,(H,17,18). The minimum Gasteiger partial charge on any atom is -0.481 e. The summed E-state index contributed by atoms with van der Waals surface area (Å²) in [6.45, 7) is 2.21. The summed E-state index contributed by atoms with van der Waals surface area (Å²) in [7, 11) is -2.00. The molecule has 1 aliphatic rings. The van der Waals surface area contributed by atoms with Gasteiger partial charge in [-0.15, -0.1) is 0 Å². The van der Waals surface area contributed by atoms with Gasteiger partial charge in [0.2, 0.25) is 10.0 Å². The lowest BCUT2D eigenvalue weighted by Crippen LogP contribution is -2.42. The zero-order valence-corrected chi connectivity index (χ0v) is 13.5. The molecular weight excluding hydrogens is 306 g/mol. The topological polar surface area (TPSA) is 83.9 Å². The van der Waals surface area contributed by atoms with Crippen LogP contribution in [0, 0.1) is 0 Å². The second-order valence-corrected chi connectivity index (χ2v) is 7.72. The van der Waals surface area contributed by atoms with Gasteiger partial charge >= 0.3 is 5.97 Å². The van der Waals surface area contributed by atoms with E-state index in [2.05, 4.69) is 0 Å². The molecule has 0 amide bonds. The van der Waals surface area contributed by atoms with Crippen molar-refractivity contribution in [1.82, 2.24) is 0 Å². The fourth-order valence-electron chi connectivity index (χ4n) is 2.70. The van der Waals surface area contributed by atoms with Crippen LogP contribution in [0.1, 0.15) is 31.2 Å². The zero-order valence-electron chi connectivity index (χ0n) is 12.7. The van der Waals surface area contributed by atoms with Crippen LogP contribution in [0.2, 0.25) is 0 Å². The van der Waals surface area contributed by atoms with Crippen molar-refractivity contribution in [3.63, 3.8) is 0 Å². The van der Waals surface area contributed by atoms with Crippen molar-refractivity contribution in [2.75, 3.05) is 24.6 Å². The van der Waals surface area contributed by atoms with Gasteiger partial charge in [0, 0.05) is 20.3 Å². The van der Waals surface area contributed by atoms with E-state index in [1.807, 2.05) is 0 Å². The molecule has 6 nitrogen and oxygen atoms in total. The van der Waals surface area contributed by atoms with Crippen LogP contribution in [-0.4, -0.2) is 45.0 Å². The van der Waals surface area contributed by atoms with E-state index in [0.29, 0.717) is 24.3 Å². The molecule has 2 rings (SSSR count). The highest BCUT2D eigenvalue weighted by atomic mass is 32.2. The molecule has 2 atom stereocenters.